The Labute approximate surface area is 116 Å². The summed E-state index contributed by atoms with van der Waals surface area (Å²) in [4.78, 5) is 25.3. The summed E-state index contributed by atoms with van der Waals surface area (Å²) < 4.78 is 5.20. The average molecular weight is 282 g/mol. The zero-order valence-corrected chi connectivity index (χ0v) is 11.6. The molecule has 0 spiro atoms. The Hall–Kier alpha value is -1.40. The Morgan fingerprint density at radius 2 is 2.16 bits per heavy atom. The van der Waals surface area contributed by atoms with Crippen molar-refractivity contribution in [3.8, 4) is 0 Å². The van der Waals surface area contributed by atoms with Gasteiger partial charge >= 0.3 is 0 Å². The number of carbonyl (C=O) groups is 2. The van der Waals surface area contributed by atoms with Gasteiger partial charge in [0.2, 0.25) is 5.91 Å². The summed E-state index contributed by atoms with van der Waals surface area (Å²) in [5, 5.41) is 6.50. The van der Waals surface area contributed by atoms with Crippen LogP contribution < -0.4 is 5.32 Å². The first-order valence-corrected chi connectivity index (χ1v) is 7.37. The molecule has 2 rings (SSSR count). The summed E-state index contributed by atoms with van der Waals surface area (Å²) in [6, 6.07) is 1.79. The summed E-state index contributed by atoms with van der Waals surface area (Å²) in [5.74, 6) is 0.0770. The second-order valence-electron chi connectivity index (χ2n) is 4.36. The normalized spacial score (nSPS) is 15.3. The molecule has 1 aromatic rings. The van der Waals surface area contributed by atoms with Gasteiger partial charge in [0.1, 0.15) is 0 Å². The first-order chi connectivity index (χ1) is 9.27. The predicted molar refractivity (Wildman–Crippen MR) is 73.3 cm³/mol. The van der Waals surface area contributed by atoms with E-state index < -0.39 is 0 Å². The minimum atomic E-state index is -0.0694. The van der Waals surface area contributed by atoms with Crippen LogP contribution in [0.25, 0.3) is 0 Å². The quantitative estimate of drug-likeness (QED) is 0.823. The maximum Gasteiger partial charge on any atom is 0.252 e. The molecule has 0 saturated carbocycles. The molecular weight excluding hydrogens is 264 g/mol. The van der Waals surface area contributed by atoms with Crippen LogP contribution in [0.15, 0.2) is 16.8 Å². The molecule has 1 aliphatic heterocycles. The maximum atomic E-state index is 11.8. The van der Waals surface area contributed by atoms with Crippen molar-refractivity contribution in [3.05, 3.63) is 22.4 Å². The number of amides is 2. The predicted octanol–water partition coefficient (Wildman–Crippen LogP) is 1.12. The number of ether oxygens (including phenoxy) is 1. The van der Waals surface area contributed by atoms with E-state index >= 15 is 0 Å². The van der Waals surface area contributed by atoms with Crippen LogP contribution in [-0.4, -0.2) is 49.6 Å². The van der Waals surface area contributed by atoms with Gasteiger partial charge in [0.25, 0.3) is 5.91 Å². The Balaban J connectivity index is 1.61. The molecule has 2 amide bonds. The van der Waals surface area contributed by atoms with Gasteiger partial charge in [0.05, 0.1) is 13.2 Å². The summed E-state index contributed by atoms with van der Waals surface area (Å²) >= 11 is 1.50. The molecule has 19 heavy (non-hydrogen) atoms. The van der Waals surface area contributed by atoms with Gasteiger partial charge in [-0.1, -0.05) is 0 Å². The van der Waals surface area contributed by atoms with E-state index in [1.165, 1.54) is 11.3 Å². The number of nitrogens with zero attached hydrogens (tertiary/aromatic N) is 1. The summed E-state index contributed by atoms with van der Waals surface area (Å²) in [7, 11) is 0. The number of carbonyl (C=O) groups excluding carboxylic acids is 2. The van der Waals surface area contributed by atoms with Crippen molar-refractivity contribution in [1.82, 2.24) is 10.2 Å². The lowest BCUT2D eigenvalue weighted by Gasteiger charge is -2.26. The van der Waals surface area contributed by atoms with Crippen molar-refractivity contribution in [3.63, 3.8) is 0 Å². The van der Waals surface area contributed by atoms with Crippen molar-refractivity contribution in [2.45, 2.75) is 12.8 Å². The molecule has 1 saturated heterocycles. The third-order valence-corrected chi connectivity index (χ3v) is 3.68. The maximum absolute atomic E-state index is 11.8. The van der Waals surface area contributed by atoms with Crippen LogP contribution in [0.2, 0.25) is 0 Å². The largest absolute Gasteiger partial charge is 0.378 e. The van der Waals surface area contributed by atoms with Gasteiger partial charge in [0, 0.05) is 37.0 Å². The molecular formula is C13H18N2O3S. The van der Waals surface area contributed by atoms with Crippen molar-refractivity contribution < 1.29 is 14.3 Å². The van der Waals surface area contributed by atoms with Crippen LogP contribution in [0.5, 0.6) is 0 Å². The zero-order valence-electron chi connectivity index (χ0n) is 10.8. The fourth-order valence-corrected chi connectivity index (χ4v) is 2.54. The lowest BCUT2D eigenvalue weighted by molar-refractivity contribution is -0.135. The van der Waals surface area contributed by atoms with Crippen LogP contribution in [0.4, 0.5) is 0 Å². The van der Waals surface area contributed by atoms with Crippen molar-refractivity contribution >= 4 is 23.2 Å². The van der Waals surface area contributed by atoms with Gasteiger partial charge in [-0.25, -0.2) is 0 Å². The van der Waals surface area contributed by atoms with E-state index in [2.05, 4.69) is 5.32 Å². The molecule has 0 unspecified atom stereocenters. The highest BCUT2D eigenvalue weighted by Crippen LogP contribution is 2.06. The van der Waals surface area contributed by atoms with E-state index in [9.17, 15) is 9.59 Å². The van der Waals surface area contributed by atoms with Crippen molar-refractivity contribution in [2.24, 2.45) is 0 Å². The van der Waals surface area contributed by atoms with Crippen molar-refractivity contribution in [2.75, 3.05) is 32.8 Å². The number of nitrogens with one attached hydrogen (secondary N) is 1. The number of morpholine rings is 1. The van der Waals surface area contributed by atoms with E-state index in [0.717, 1.165) is 0 Å². The molecule has 0 aromatic carbocycles. The van der Waals surface area contributed by atoms with Gasteiger partial charge in [-0.15, -0.1) is 0 Å². The molecule has 2 heterocycles. The molecule has 104 valence electrons. The highest BCUT2D eigenvalue weighted by molar-refractivity contribution is 7.08. The Morgan fingerprint density at radius 3 is 2.84 bits per heavy atom. The highest BCUT2D eigenvalue weighted by atomic mass is 32.1. The SMILES string of the molecule is O=C(NCCCC(=O)N1CCOCC1)c1ccsc1. The van der Waals surface area contributed by atoms with E-state index in [0.29, 0.717) is 51.3 Å². The van der Waals surface area contributed by atoms with Crippen LogP contribution >= 0.6 is 11.3 Å². The minimum Gasteiger partial charge on any atom is -0.378 e. The average Bonchev–Trinajstić information content (AvgIpc) is 2.98. The van der Waals surface area contributed by atoms with Gasteiger partial charge in [-0.3, -0.25) is 9.59 Å². The summed E-state index contributed by atoms with van der Waals surface area (Å²) in [6.07, 6.45) is 1.15. The standard InChI is InChI=1S/C13H18N2O3S/c16-12(15-5-7-18-8-6-15)2-1-4-14-13(17)11-3-9-19-10-11/h3,9-10H,1-2,4-8H2,(H,14,17). The van der Waals surface area contributed by atoms with E-state index in [4.69, 9.17) is 4.74 Å². The van der Waals surface area contributed by atoms with Crippen LogP contribution in [0.1, 0.15) is 23.2 Å². The molecule has 6 heteroatoms. The fourth-order valence-electron chi connectivity index (χ4n) is 1.91. The molecule has 1 aliphatic rings. The topological polar surface area (TPSA) is 58.6 Å². The molecule has 5 nitrogen and oxygen atoms in total. The van der Waals surface area contributed by atoms with E-state index in [1.54, 1.807) is 6.07 Å². The zero-order chi connectivity index (χ0) is 13.5. The van der Waals surface area contributed by atoms with Crippen LogP contribution in [0, 0.1) is 0 Å². The van der Waals surface area contributed by atoms with E-state index in [1.807, 2.05) is 15.7 Å². The first-order valence-electron chi connectivity index (χ1n) is 6.43. The van der Waals surface area contributed by atoms with E-state index in [-0.39, 0.29) is 11.8 Å². The van der Waals surface area contributed by atoms with Crippen LogP contribution in [-0.2, 0) is 9.53 Å². The summed E-state index contributed by atoms with van der Waals surface area (Å²) in [5.41, 5.74) is 0.685. The minimum absolute atomic E-state index is 0.0694. The number of hydrogen-bond acceptors (Lipinski definition) is 4. The lowest BCUT2D eigenvalue weighted by atomic mass is 10.2. The van der Waals surface area contributed by atoms with Gasteiger partial charge in [-0.05, 0) is 17.9 Å². The number of hydrogen-bond donors (Lipinski definition) is 1. The fraction of sp³-hybridized carbons (Fsp3) is 0.538. The summed E-state index contributed by atoms with van der Waals surface area (Å²) in [6.45, 7) is 3.15. The second-order valence-corrected chi connectivity index (χ2v) is 5.14. The number of rotatable bonds is 5. The van der Waals surface area contributed by atoms with Gasteiger partial charge in [0.15, 0.2) is 0 Å². The Bertz CT molecular complexity index is 414. The molecule has 1 aromatic heterocycles. The second kappa shape index (κ2) is 7.25. The third-order valence-electron chi connectivity index (χ3n) is 3.00. The Morgan fingerprint density at radius 1 is 1.37 bits per heavy atom. The lowest BCUT2D eigenvalue weighted by Crippen LogP contribution is -2.40. The van der Waals surface area contributed by atoms with Gasteiger partial charge in [-0.2, -0.15) is 11.3 Å². The van der Waals surface area contributed by atoms with Crippen molar-refractivity contribution in [1.29, 1.82) is 0 Å². The molecule has 0 bridgehead atoms. The highest BCUT2D eigenvalue weighted by Gasteiger charge is 2.16. The smallest absolute Gasteiger partial charge is 0.252 e. The molecule has 0 radical (unpaired) electrons. The first kappa shape index (κ1) is 14.0. The molecule has 1 N–H and O–H groups in total. The molecule has 1 fully saturated rings. The van der Waals surface area contributed by atoms with Gasteiger partial charge < -0.3 is 15.0 Å². The number of thiophene rings is 1. The Kier molecular flexibility index (Phi) is 5.35. The van der Waals surface area contributed by atoms with Crippen LogP contribution in [0.3, 0.4) is 0 Å². The molecule has 0 aliphatic carbocycles. The monoisotopic (exact) mass is 282 g/mol. The third kappa shape index (κ3) is 4.33. The molecule has 0 atom stereocenters.